The molecule has 0 amide bonds. The van der Waals surface area contributed by atoms with Gasteiger partial charge >= 0.3 is 0 Å². The average Bonchev–Trinajstić information content (AvgIpc) is 2.30. The minimum atomic E-state index is -0.397. The first kappa shape index (κ1) is 13.4. The lowest BCUT2D eigenvalue weighted by Gasteiger charge is -2.15. The summed E-state index contributed by atoms with van der Waals surface area (Å²) in [4.78, 5) is 10.2. The normalized spacial score (nSPS) is 10.6. The number of methoxy groups -OCH3 is 2. The van der Waals surface area contributed by atoms with Crippen molar-refractivity contribution in [3.8, 4) is 0 Å². The van der Waals surface area contributed by atoms with Crippen molar-refractivity contribution in [3.63, 3.8) is 0 Å². The van der Waals surface area contributed by atoms with Crippen molar-refractivity contribution < 1.29 is 14.4 Å². The van der Waals surface area contributed by atoms with E-state index in [4.69, 9.17) is 9.47 Å². The van der Waals surface area contributed by atoms with Gasteiger partial charge in [0.05, 0.1) is 11.5 Å². The topological polar surface area (TPSA) is 73.6 Å². The SMILES string of the molecule is COC(CNc1ccc([N+](=O)[O-])c(C)c1)OC. The molecule has 0 spiro atoms. The van der Waals surface area contributed by atoms with E-state index >= 15 is 0 Å². The Morgan fingerprint density at radius 3 is 2.53 bits per heavy atom. The molecule has 6 nitrogen and oxygen atoms in total. The molecule has 0 heterocycles. The van der Waals surface area contributed by atoms with Crippen molar-refractivity contribution in [1.29, 1.82) is 0 Å². The van der Waals surface area contributed by atoms with Crippen LogP contribution < -0.4 is 5.32 Å². The largest absolute Gasteiger partial charge is 0.380 e. The van der Waals surface area contributed by atoms with Crippen LogP contribution in [0.3, 0.4) is 0 Å². The van der Waals surface area contributed by atoms with Crippen LogP contribution in [0.1, 0.15) is 5.56 Å². The van der Waals surface area contributed by atoms with Crippen LogP contribution in [0.5, 0.6) is 0 Å². The summed E-state index contributed by atoms with van der Waals surface area (Å²) in [5.74, 6) is 0. The lowest BCUT2D eigenvalue weighted by atomic mass is 10.2. The van der Waals surface area contributed by atoms with Crippen LogP contribution in [0.4, 0.5) is 11.4 Å². The van der Waals surface area contributed by atoms with E-state index in [0.29, 0.717) is 12.1 Å². The fourth-order valence-corrected chi connectivity index (χ4v) is 1.43. The van der Waals surface area contributed by atoms with Gasteiger partial charge in [-0.15, -0.1) is 0 Å². The van der Waals surface area contributed by atoms with Gasteiger partial charge in [-0.3, -0.25) is 10.1 Å². The summed E-state index contributed by atoms with van der Waals surface area (Å²) >= 11 is 0. The summed E-state index contributed by atoms with van der Waals surface area (Å²) in [6, 6.07) is 4.86. The highest BCUT2D eigenvalue weighted by atomic mass is 16.7. The van der Waals surface area contributed by atoms with Crippen molar-refractivity contribution in [2.75, 3.05) is 26.1 Å². The zero-order valence-corrected chi connectivity index (χ0v) is 10.1. The van der Waals surface area contributed by atoms with Crippen LogP contribution in [0.25, 0.3) is 0 Å². The highest BCUT2D eigenvalue weighted by molar-refractivity contribution is 5.53. The first-order valence-corrected chi connectivity index (χ1v) is 5.13. The Balaban J connectivity index is 2.67. The second-order valence-electron chi connectivity index (χ2n) is 3.54. The Hall–Kier alpha value is -1.66. The fourth-order valence-electron chi connectivity index (χ4n) is 1.43. The van der Waals surface area contributed by atoms with Gasteiger partial charge in [0.1, 0.15) is 0 Å². The first-order valence-electron chi connectivity index (χ1n) is 5.13. The molecule has 0 aliphatic heterocycles. The highest BCUT2D eigenvalue weighted by Crippen LogP contribution is 2.21. The zero-order valence-electron chi connectivity index (χ0n) is 10.1. The molecule has 0 unspecified atom stereocenters. The molecule has 1 N–H and O–H groups in total. The summed E-state index contributed by atoms with van der Waals surface area (Å²) < 4.78 is 10.0. The van der Waals surface area contributed by atoms with Crippen molar-refractivity contribution in [1.82, 2.24) is 0 Å². The van der Waals surface area contributed by atoms with Crippen LogP contribution in [0.2, 0.25) is 0 Å². The molecule has 0 saturated heterocycles. The van der Waals surface area contributed by atoms with E-state index in [-0.39, 0.29) is 12.0 Å². The van der Waals surface area contributed by atoms with Crippen LogP contribution in [-0.2, 0) is 9.47 Å². The Labute approximate surface area is 99.7 Å². The third-order valence-electron chi connectivity index (χ3n) is 2.39. The summed E-state index contributed by atoms with van der Waals surface area (Å²) in [6.07, 6.45) is -0.342. The van der Waals surface area contributed by atoms with Gasteiger partial charge in [-0.25, -0.2) is 0 Å². The van der Waals surface area contributed by atoms with E-state index in [0.717, 1.165) is 5.69 Å². The number of nitro benzene ring substituents is 1. The molecule has 0 atom stereocenters. The molecular weight excluding hydrogens is 224 g/mol. The maximum atomic E-state index is 10.6. The molecule has 0 aromatic heterocycles. The predicted octanol–water partition coefficient (Wildman–Crippen LogP) is 1.93. The molecule has 0 saturated carbocycles. The number of ether oxygens (including phenoxy) is 2. The quantitative estimate of drug-likeness (QED) is 0.467. The van der Waals surface area contributed by atoms with Crippen molar-refractivity contribution in [3.05, 3.63) is 33.9 Å². The number of nitrogens with zero attached hydrogens (tertiary/aromatic N) is 1. The zero-order chi connectivity index (χ0) is 12.8. The van der Waals surface area contributed by atoms with Crippen LogP contribution in [-0.4, -0.2) is 32.0 Å². The molecule has 0 radical (unpaired) electrons. The molecule has 0 aliphatic rings. The van der Waals surface area contributed by atoms with Crippen LogP contribution >= 0.6 is 0 Å². The number of hydrogen-bond acceptors (Lipinski definition) is 5. The molecule has 17 heavy (non-hydrogen) atoms. The van der Waals surface area contributed by atoms with Crippen LogP contribution in [0.15, 0.2) is 18.2 Å². The molecule has 1 aromatic carbocycles. The van der Waals surface area contributed by atoms with Crippen molar-refractivity contribution >= 4 is 11.4 Å². The lowest BCUT2D eigenvalue weighted by molar-refractivity contribution is -0.385. The molecule has 1 aromatic rings. The fraction of sp³-hybridized carbons (Fsp3) is 0.455. The third-order valence-corrected chi connectivity index (χ3v) is 2.39. The first-order chi connectivity index (χ1) is 8.08. The number of hydrogen-bond donors (Lipinski definition) is 1. The number of anilines is 1. The summed E-state index contributed by atoms with van der Waals surface area (Å²) in [5.41, 5.74) is 1.53. The van der Waals surface area contributed by atoms with Gasteiger partial charge in [-0.05, 0) is 19.1 Å². The van der Waals surface area contributed by atoms with Gasteiger partial charge < -0.3 is 14.8 Å². The smallest absolute Gasteiger partial charge is 0.272 e. The second-order valence-corrected chi connectivity index (χ2v) is 3.54. The number of aryl methyl sites for hydroxylation is 1. The summed E-state index contributed by atoms with van der Waals surface area (Å²) in [5, 5.41) is 13.7. The van der Waals surface area contributed by atoms with E-state index in [1.807, 2.05) is 0 Å². The highest BCUT2D eigenvalue weighted by Gasteiger charge is 2.10. The number of nitrogens with one attached hydrogen (secondary N) is 1. The van der Waals surface area contributed by atoms with Crippen molar-refractivity contribution in [2.24, 2.45) is 0 Å². The van der Waals surface area contributed by atoms with Crippen molar-refractivity contribution in [2.45, 2.75) is 13.2 Å². The summed E-state index contributed by atoms with van der Waals surface area (Å²) in [6.45, 7) is 2.18. The Morgan fingerprint density at radius 1 is 1.41 bits per heavy atom. The third kappa shape index (κ3) is 3.69. The maximum Gasteiger partial charge on any atom is 0.272 e. The van der Waals surface area contributed by atoms with E-state index in [2.05, 4.69) is 5.32 Å². The van der Waals surface area contributed by atoms with E-state index in [9.17, 15) is 10.1 Å². The van der Waals surface area contributed by atoms with Gasteiger partial charge in [0.25, 0.3) is 5.69 Å². The van der Waals surface area contributed by atoms with Gasteiger partial charge in [-0.2, -0.15) is 0 Å². The minimum Gasteiger partial charge on any atom is -0.380 e. The molecule has 0 aliphatic carbocycles. The maximum absolute atomic E-state index is 10.6. The second kappa shape index (κ2) is 6.17. The minimum absolute atomic E-state index is 0.116. The number of benzene rings is 1. The Kier molecular flexibility index (Phi) is 4.86. The van der Waals surface area contributed by atoms with E-state index in [1.54, 1.807) is 33.3 Å². The average molecular weight is 240 g/mol. The molecule has 0 fully saturated rings. The number of rotatable bonds is 6. The van der Waals surface area contributed by atoms with Gasteiger partial charge in [0, 0.05) is 31.5 Å². The predicted molar refractivity (Wildman–Crippen MR) is 64.1 cm³/mol. The standard InChI is InChI=1S/C11H16N2O4/c1-8-6-9(4-5-10(8)13(14)15)12-7-11(16-2)17-3/h4-6,11-12H,7H2,1-3H3. The molecule has 0 bridgehead atoms. The van der Waals surface area contributed by atoms with Gasteiger partial charge in [-0.1, -0.05) is 0 Å². The molecule has 1 rings (SSSR count). The molecule has 94 valence electrons. The lowest BCUT2D eigenvalue weighted by Crippen LogP contribution is -2.23. The van der Waals surface area contributed by atoms with Gasteiger partial charge in [0.15, 0.2) is 6.29 Å². The number of nitro groups is 1. The molecule has 6 heteroatoms. The van der Waals surface area contributed by atoms with E-state index in [1.165, 1.54) is 6.07 Å². The monoisotopic (exact) mass is 240 g/mol. The molecular formula is C11H16N2O4. The van der Waals surface area contributed by atoms with Gasteiger partial charge in [0.2, 0.25) is 0 Å². The Morgan fingerprint density at radius 2 is 2.06 bits per heavy atom. The van der Waals surface area contributed by atoms with Crippen LogP contribution in [0, 0.1) is 17.0 Å². The summed E-state index contributed by atoms with van der Waals surface area (Å²) in [7, 11) is 3.11. The van der Waals surface area contributed by atoms with E-state index < -0.39 is 4.92 Å². The Bertz CT molecular complexity index is 391.